The van der Waals surface area contributed by atoms with Crippen LogP contribution in [-0.2, 0) is 22.7 Å². The molecule has 1 N–H and O–H groups in total. The Kier molecular flexibility index (Phi) is 5.05. The molecule has 1 atom stereocenters. The van der Waals surface area contributed by atoms with Crippen LogP contribution in [0, 0.1) is 6.92 Å². The van der Waals surface area contributed by atoms with Crippen molar-refractivity contribution in [1.82, 2.24) is 20.1 Å². The number of carbonyl (C=O) groups excluding carboxylic acids is 1. The van der Waals surface area contributed by atoms with Crippen LogP contribution in [0.2, 0.25) is 0 Å². The molecule has 0 aliphatic rings. The molecule has 0 bridgehead atoms. The summed E-state index contributed by atoms with van der Waals surface area (Å²) in [6.45, 7) is 4.36. The molecular formula is C15H20N4O2. The van der Waals surface area contributed by atoms with Gasteiger partial charge in [-0.15, -0.1) is 0 Å². The van der Waals surface area contributed by atoms with Gasteiger partial charge in [0, 0.05) is 7.05 Å². The van der Waals surface area contributed by atoms with Crippen molar-refractivity contribution in [2.75, 3.05) is 7.05 Å². The molecule has 6 nitrogen and oxygen atoms in total. The molecule has 1 amide bonds. The minimum Gasteiger partial charge on any atom is -0.364 e. The third-order valence-electron chi connectivity index (χ3n) is 3.09. The van der Waals surface area contributed by atoms with Crippen molar-refractivity contribution in [2.45, 2.75) is 33.1 Å². The molecule has 2 aromatic rings. The number of hydrogen-bond acceptors (Lipinski definition) is 4. The predicted octanol–water partition coefficient (Wildman–Crippen LogP) is 1.68. The summed E-state index contributed by atoms with van der Waals surface area (Å²) in [5.41, 5.74) is 1.05. The minimum atomic E-state index is -0.504. The first-order chi connectivity index (χ1) is 10.1. The number of benzene rings is 1. The van der Waals surface area contributed by atoms with E-state index in [9.17, 15) is 4.79 Å². The largest absolute Gasteiger partial charge is 0.364 e. The Bertz CT molecular complexity index is 582. The molecule has 0 spiro atoms. The van der Waals surface area contributed by atoms with Crippen LogP contribution >= 0.6 is 0 Å². The highest BCUT2D eigenvalue weighted by Gasteiger charge is 2.19. The van der Waals surface area contributed by atoms with Gasteiger partial charge in [0.2, 0.25) is 0 Å². The van der Waals surface area contributed by atoms with E-state index in [0.29, 0.717) is 19.0 Å². The van der Waals surface area contributed by atoms with Crippen LogP contribution < -0.4 is 0 Å². The Morgan fingerprint density at radius 1 is 1.38 bits per heavy atom. The molecule has 0 aliphatic carbocycles. The fourth-order valence-corrected chi connectivity index (χ4v) is 1.93. The molecule has 6 heteroatoms. The van der Waals surface area contributed by atoms with Gasteiger partial charge in [0.25, 0.3) is 5.91 Å². The summed E-state index contributed by atoms with van der Waals surface area (Å²) in [6, 6.07) is 9.78. The highest BCUT2D eigenvalue weighted by Crippen LogP contribution is 2.06. The van der Waals surface area contributed by atoms with Gasteiger partial charge in [0.15, 0.2) is 5.82 Å². The summed E-state index contributed by atoms with van der Waals surface area (Å²) in [4.78, 5) is 18.0. The number of nitrogens with one attached hydrogen (secondary N) is 1. The average molecular weight is 288 g/mol. The monoisotopic (exact) mass is 288 g/mol. The van der Waals surface area contributed by atoms with Gasteiger partial charge in [-0.1, -0.05) is 30.3 Å². The summed E-state index contributed by atoms with van der Waals surface area (Å²) >= 11 is 0. The Morgan fingerprint density at radius 3 is 2.71 bits per heavy atom. The maximum absolute atomic E-state index is 12.2. The molecule has 0 radical (unpaired) electrons. The van der Waals surface area contributed by atoms with E-state index in [1.807, 2.05) is 37.3 Å². The predicted molar refractivity (Wildman–Crippen MR) is 78.3 cm³/mol. The molecule has 2 rings (SSSR count). The van der Waals surface area contributed by atoms with Gasteiger partial charge < -0.3 is 9.64 Å². The number of aromatic amines is 1. The zero-order valence-electron chi connectivity index (χ0n) is 12.5. The first-order valence-corrected chi connectivity index (χ1v) is 6.84. The fourth-order valence-electron chi connectivity index (χ4n) is 1.93. The number of rotatable bonds is 6. The number of hydrogen-bond donors (Lipinski definition) is 1. The topological polar surface area (TPSA) is 71.1 Å². The van der Waals surface area contributed by atoms with Crippen LogP contribution in [0.4, 0.5) is 0 Å². The molecular weight excluding hydrogens is 268 g/mol. The third-order valence-corrected chi connectivity index (χ3v) is 3.09. The van der Waals surface area contributed by atoms with Crippen LogP contribution in [0.5, 0.6) is 0 Å². The van der Waals surface area contributed by atoms with Crippen LogP contribution in [0.1, 0.15) is 24.1 Å². The smallest absolute Gasteiger partial charge is 0.251 e. The summed E-state index contributed by atoms with van der Waals surface area (Å²) in [5, 5.41) is 6.78. The molecule has 112 valence electrons. The van der Waals surface area contributed by atoms with Crippen molar-refractivity contribution in [1.29, 1.82) is 0 Å². The van der Waals surface area contributed by atoms with E-state index >= 15 is 0 Å². The summed E-state index contributed by atoms with van der Waals surface area (Å²) in [6.07, 6.45) is -0.504. The standard InChI is InChI=1S/C15H20N4O2/c1-11(21-10-13-7-5-4-6-8-13)15(20)19(3)9-14-16-12(2)17-18-14/h4-8,11H,9-10H2,1-3H3,(H,16,17,18). The number of H-pyrrole nitrogens is 1. The average Bonchev–Trinajstić information content (AvgIpc) is 2.90. The van der Waals surface area contributed by atoms with Crippen molar-refractivity contribution in [2.24, 2.45) is 0 Å². The quantitative estimate of drug-likeness (QED) is 0.878. The second-order valence-corrected chi connectivity index (χ2v) is 4.97. The van der Waals surface area contributed by atoms with Gasteiger partial charge in [-0.25, -0.2) is 4.98 Å². The van der Waals surface area contributed by atoms with Crippen LogP contribution in [-0.4, -0.2) is 39.1 Å². The van der Waals surface area contributed by atoms with Crippen LogP contribution in [0.25, 0.3) is 0 Å². The lowest BCUT2D eigenvalue weighted by Gasteiger charge is -2.20. The molecule has 1 aromatic heterocycles. The molecule has 0 fully saturated rings. The Hall–Kier alpha value is -2.21. The van der Waals surface area contributed by atoms with Crippen molar-refractivity contribution >= 4 is 5.91 Å². The van der Waals surface area contributed by atoms with Gasteiger partial charge >= 0.3 is 0 Å². The number of carbonyl (C=O) groups is 1. The Balaban J connectivity index is 1.83. The van der Waals surface area contributed by atoms with E-state index in [4.69, 9.17) is 4.74 Å². The van der Waals surface area contributed by atoms with E-state index in [1.165, 1.54) is 0 Å². The number of amides is 1. The SMILES string of the molecule is Cc1nc(CN(C)C(=O)C(C)OCc2ccccc2)n[nH]1. The first kappa shape index (κ1) is 15.2. The third kappa shape index (κ3) is 4.39. The van der Waals surface area contributed by atoms with E-state index in [-0.39, 0.29) is 5.91 Å². The van der Waals surface area contributed by atoms with E-state index in [1.54, 1.807) is 18.9 Å². The van der Waals surface area contributed by atoms with Crippen molar-refractivity contribution < 1.29 is 9.53 Å². The number of ether oxygens (including phenoxy) is 1. The minimum absolute atomic E-state index is 0.0895. The Labute approximate surface area is 124 Å². The second-order valence-electron chi connectivity index (χ2n) is 4.97. The van der Waals surface area contributed by atoms with Crippen molar-refractivity contribution in [3.05, 3.63) is 47.5 Å². The lowest BCUT2D eigenvalue weighted by molar-refractivity contribution is -0.142. The van der Waals surface area contributed by atoms with Gasteiger partial charge in [-0.05, 0) is 19.4 Å². The lowest BCUT2D eigenvalue weighted by atomic mass is 10.2. The molecule has 1 aromatic carbocycles. The molecule has 1 heterocycles. The first-order valence-electron chi connectivity index (χ1n) is 6.84. The zero-order chi connectivity index (χ0) is 15.2. The van der Waals surface area contributed by atoms with E-state index in [2.05, 4.69) is 15.2 Å². The lowest BCUT2D eigenvalue weighted by Crippen LogP contribution is -2.36. The number of aryl methyl sites for hydroxylation is 1. The highest BCUT2D eigenvalue weighted by molar-refractivity contribution is 5.80. The fraction of sp³-hybridized carbons (Fsp3) is 0.400. The van der Waals surface area contributed by atoms with Gasteiger partial charge in [-0.2, -0.15) is 5.10 Å². The number of nitrogens with zero attached hydrogens (tertiary/aromatic N) is 3. The van der Waals surface area contributed by atoms with Gasteiger partial charge in [-0.3, -0.25) is 9.89 Å². The van der Waals surface area contributed by atoms with E-state index < -0.39 is 6.10 Å². The van der Waals surface area contributed by atoms with Crippen molar-refractivity contribution in [3.63, 3.8) is 0 Å². The van der Waals surface area contributed by atoms with Crippen LogP contribution in [0.15, 0.2) is 30.3 Å². The number of likely N-dealkylation sites (N-methyl/N-ethyl adjacent to an activating group) is 1. The molecule has 1 unspecified atom stereocenters. The van der Waals surface area contributed by atoms with Crippen molar-refractivity contribution in [3.8, 4) is 0 Å². The van der Waals surface area contributed by atoms with Gasteiger partial charge in [0.1, 0.15) is 11.9 Å². The van der Waals surface area contributed by atoms with Gasteiger partial charge in [0.05, 0.1) is 13.2 Å². The molecule has 0 saturated carbocycles. The molecule has 0 saturated heterocycles. The molecule has 0 aliphatic heterocycles. The summed E-state index contributed by atoms with van der Waals surface area (Å²) < 4.78 is 5.61. The molecule has 21 heavy (non-hydrogen) atoms. The highest BCUT2D eigenvalue weighted by atomic mass is 16.5. The van der Waals surface area contributed by atoms with E-state index in [0.717, 1.165) is 11.4 Å². The number of aromatic nitrogens is 3. The summed E-state index contributed by atoms with van der Waals surface area (Å²) in [5.74, 6) is 1.24. The summed E-state index contributed by atoms with van der Waals surface area (Å²) in [7, 11) is 1.72. The zero-order valence-corrected chi connectivity index (χ0v) is 12.5. The normalized spacial score (nSPS) is 12.1. The maximum atomic E-state index is 12.2. The maximum Gasteiger partial charge on any atom is 0.251 e. The van der Waals surface area contributed by atoms with Crippen LogP contribution in [0.3, 0.4) is 0 Å². The second kappa shape index (κ2) is 6.99. The Morgan fingerprint density at radius 2 is 2.10 bits per heavy atom.